The first-order chi connectivity index (χ1) is 9.99. The van der Waals surface area contributed by atoms with E-state index in [2.05, 4.69) is 19.9 Å². The molecule has 0 bridgehead atoms. The Labute approximate surface area is 128 Å². The van der Waals surface area contributed by atoms with Crippen molar-refractivity contribution in [2.45, 2.75) is 65.9 Å². The van der Waals surface area contributed by atoms with Crippen LogP contribution in [0.25, 0.3) is 0 Å². The summed E-state index contributed by atoms with van der Waals surface area (Å²) in [6.07, 6.45) is 5.57. The van der Waals surface area contributed by atoms with Crippen molar-refractivity contribution in [3.63, 3.8) is 0 Å². The average molecular weight is 288 g/mol. The number of hydrogen-bond donors (Lipinski definition) is 0. The van der Waals surface area contributed by atoms with Gasteiger partial charge in [-0.05, 0) is 56.1 Å². The minimum absolute atomic E-state index is 0.0122. The lowest BCUT2D eigenvalue weighted by atomic mass is 9.86. The van der Waals surface area contributed by atoms with Crippen LogP contribution in [0.5, 0.6) is 0 Å². The molecule has 1 aliphatic rings. The first-order valence-corrected chi connectivity index (χ1v) is 8.28. The number of cyclic esters (lactones) is 1. The van der Waals surface area contributed by atoms with Gasteiger partial charge in [-0.25, -0.2) is 4.79 Å². The summed E-state index contributed by atoms with van der Waals surface area (Å²) in [6, 6.07) is 6.12. The summed E-state index contributed by atoms with van der Waals surface area (Å²) in [5.41, 5.74) is 2.97. The summed E-state index contributed by atoms with van der Waals surface area (Å²) < 4.78 is 5.71. The van der Waals surface area contributed by atoms with E-state index in [0.29, 0.717) is 11.8 Å². The lowest BCUT2D eigenvalue weighted by Crippen LogP contribution is -2.22. The van der Waals surface area contributed by atoms with Gasteiger partial charge in [0.25, 0.3) is 0 Å². The molecule has 3 atom stereocenters. The van der Waals surface area contributed by atoms with Crippen LogP contribution in [0.4, 0.5) is 0 Å². The normalized spacial score (nSPS) is 28.0. The Morgan fingerprint density at radius 1 is 1.10 bits per heavy atom. The zero-order valence-corrected chi connectivity index (χ0v) is 13.8. The maximum Gasteiger partial charge on any atom is 0.338 e. The molecule has 1 heterocycles. The number of aryl methyl sites for hydroxylation is 2. The number of fused-ring (bicyclic) bond motifs is 1. The standard InChI is InChI=1S/C19H28O2/c1-13-8-5-6-10-17-11-7-9-14(2)18(17)19(20)21-16(4)12-15(13)3/h7,9,11,13,15-16H,5-6,8,10,12H2,1-4H3. The van der Waals surface area contributed by atoms with Crippen LogP contribution in [0.2, 0.25) is 0 Å². The molecule has 1 aromatic rings. The highest BCUT2D eigenvalue weighted by Gasteiger charge is 2.22. The van der Waals surface area contributed by atoms with Gasteiger partial charge in [0.05, 0.1) is 11.7 Å². The van der Waals surface area contributed by atoms with Gasteiger partial charge in [-0.2, -0.15) is 0 Å². The van der Waals surface area contributed by atoms with Crippen LogP contribution in [0.3, 0.4) is 0 Å². The Morgan fingerprint density at radius 3 is 2.62 bits per heavy atom. The van der Waals surface area contributed by atoms with Gasteiger partial charge >= 0.3 is 5.97 Å². The summed E-state index contributed by atoms with van der Waals surface area (Å²) in [4.78, 5) is 12.5. The second-order valence-corrected chi connectivity index (χ2v) is 6.76. The molecule has 0 amide bonds. The Bertz CT molecular complexity index is 492. The number of rotatable bonds is 0. The number of esters is 1. The Morgan fingerprint density at radius 2 is 1.86 bits per heavy atom. The van der Waals surface area contributed by atoms with Crippen LogP contribution in [0.1, 0.15) is 67.9 Å². The Balaban J connectivity index is 2.26. The zero-order chi connectivity index (χ0) is 15.4. The number of hydrogen-bond acceptors (Lipinski definition) is 2. The van der Waals surface area contributed by atoms with Crippen LogP contribution in [-0.2, 0) is 11.2 Å². The van der Waals surface area contributed by atoms with Gasteiger partial charge in [0, 0.05) is 0 Å². The van der Waals surface area contributed by atoms with Gasteiger partial charge in [0.2, 0.25) is 0 Å². The van der Waals surface area contributed by atoms with E-state index < -0.39 is 0 Å². The van der Waals surface area contributed by atoms with Crippen molar-refractivity contribution in [3.8, 4) is 0 Å². The summed E-state index contributed by atoms with van der Waals surface area (Å²) in [6.45, 7) is 8.62. The molecule has 0 aliphatic carbocycles. The molecule has 0 saturated heterocycles. The molecule has 2 rings (SSSR count). The van der Waals surface area contributed by atoms with Gasteiger partial charge in [-0.3, -0.25) is 0 Å². The molecule has 1 aliphatic heterocycles. The highest BCUT2D eigenvalue weighted by atomic mass is 16.5. The topological polar surface area (TPSA) is 26.3 Å². The smallest absolute Gasteiger partial charge is 0.338 e. The molecule has 2 heteroatoms. The van der Waals surface area contributed by atoms with E-state index in [1.165, 1.54) is 12.8 Å². The Hall–Kier alpha value is -1.31. The van der Waals surface area contributed by atoms with Crippen LogP contribution in [0, 0.1) is 18.8 Å². The maximum absolute atomic E-state index is 12.5. The van der Waals surface area contributed by atoms with Gasteiger partial charge in [0.1, 0.15) is 0 Å². The number of benzene rings is 1. The molecular weight excluding hydrogens is 260 g/mol. The summed E-state index contributed by atoms with van der Waals surface area (Å²) in [5, 5.41) is 0. The van der Waals surface area contributed by atoms with Crippen molar-refractivity contribution < 1.29 is 9.53 Å². The molecular formula is C19H28O2. The molecule has 2 nitrogen and oxygen atoms in total. The monoisotopic (exact) mass is 288 g/mol. The van der Waals surface area contributed by atoms with E-state index in [1.807, 2.05) is 26.0 Å². The van der Waals surface area contributed by atoms with Crippen molar-refractivity contribution in [2.24, 2.45) is 11.8 Å². The van der Waals surface area contributed by atoms with Crippen LogP contribution in [0.15, 0.2) is 18.2 Å². The molecule has 21 heavy (non-hydrogen) atoms. The van der Waals surface area contributed by atoms with Crippen LogP contribution in [-0.4, -0.2) is 12.1 Å². The largest absolute Gasteiger partial charge is 0.459 e. The highest BCUT2D eigenvalue weighted by molar-refractivity contribution is 5.92. The van der Waals surface area contributed by atoms with Crippen molar-refractivity contribution >= 4 is 5.97 Å². The Kier molecular flexibility index (Phi) is 5.44. The third-order valence-electron chi connectivity index (χ3n) is 4.90. The van der Waals surface area contributed by atoms with Crippen LogP contribution < -0.4 is 0 Å². The number of carbonyl (C=O) groups is 1. The van der Waals surface area contributed by atoms with E-state index in [4.69, 9.17) is 4.74 Å². The van der Waals surface area contributed by atoms with E-state index >= 15 is 0 Å². The van der Waals surface area contributed by atoms with Crippen molar-refractivity contribution in [3.05, 3.63) is 34.9 Å². The lowest BCUT2D eigenvalue weighted by Gasteiger charge is -2.25. The summed E-state index contributed by atoms with van der Waals surface area (Å²) in [5.74, 6) is 1.15. The number of carbonyl (C=O) groups excluding carboxylic acids is 1. The fourth-order valence-electron chi connectivity index (χ4n) is 3.34. The lowest BCUT2D eigenvalue weighted by molar-refractivity contribution is 0.0269. The second kappa shape index (κ2) is 7.11. The van der Waals surface area contributed by atoms with Crippen molar-refractivity contribution in [2.75, 3.05) is 0 Å². The molecule has 0 saturated carbocycles. The predicted molar refractivity (Wildman–Crippen MR) is 86.6 cm³/mol. The molecule has 0 spiro atoms. The second-order valence-electron chi connectivity index (χ2n) is 6.76. The minimum Gasteiger partial charge on any atom is -0.459 e. The molecule has 0 radical (unpaired) electrons. The minimum atomic E-state index is -0.143. The third-order valence-corrected chi connectivity index (χ3v) is 4.90. The first-order valence-electron chi connectivity index (χ1n) is 8.28. The summed E-state index contributed by atoms with van der Waals surface area (Å²) >= 11 is 0. The molecule has 0 aromatic heterocycles. The van der Waals surface area contributed by atoms with Gasteiger partial charge in [-0.1, -0.05) is 44.9 Å². The third kappa shape index (κ3) is 4.09. The molecule has 0 N–H and O–H groups in total. The molecule has 0 fully saturated rings. The fraction of sp³-hybridized carbons (Fsp3) is 0.632. The molecule has 1 aromatic carbocycles. The van der Waals surface area contributed by atoms with E-state index in [1.54, 1.807) is 0 Å². The predicted octanol–water partition coefficient (Wildman–Crippen LogP) is 4.93. The molecule has 116 valence electrons. The number of ether oxygens (including phenoxy) is 1. The summed E-state index contributed by atoms with van der Waals surface area (Å²) in [7, 11) is 0. The van der Waals surface area contributed by atoms with Crippen LogP contribution >= 0.6 is 0 Å². The van der Waals surface area contributed by atoms with Crippen molar-refractivity contribution in [1.29, 1.82) is 0 Å². The maximum atomic E-state index is 12.5. The highest BCUT2D eigenvalue weighted by Crippen LogP contribution is 2.26. The fourth-order valence-corrected chi connectivity index (χ4v) is 3.34. The van der Waals surface area contributed by atoms with Crippen molar-refractivity contribution in [1.82, 2.24) is 0 Å². The average Bonchev–Trinajstić information content (AvgIpc) is 2.41. The van der Waals surface area contributed by atoms with Gasteiger partial charge in [-0.15, -0.1) is 0 Å². The van der Waals surface area contributed by atoms with E-state index in [9.17, 15) is 4.79 Å². The SMILES string of the molecule is Cc1cccc2c1C(=O)OC(C)CC(C)C(C)CCCC2. The van der Waals surface area contributed by atoms with E-state index in [-0.39, 0.29) is 12.1 Å². The van der Waals surface area contributed by atoms with Gasteiger partial charge in [0.15, 0.2) is 0 Å². The zero-order valence-electron chi connectivity index (χ0n) is 13.8. The quantitative estimate of drug-likeness (QED) is 0.633. The van der Waals surface area contributed by atoms with Gasteiger partial charge < -0.3 is 4.74 Å². The van der Waals surface area contributed by atoms with E-state index in [0.717, 1.165) is 36.0 Å². The first kappa shape index (κ1) is 16.1. The molecule has 3 unspecified atom stereocenters.